The van der Waals surface area contributed by atoms with E-state index in [4.69, 9.17) is 9.47 Å². The second-order valence-electron chi connectivity index (χ2n) is 9.88. The predicted molar refractivity (Wildman–Crippen MR) is 114 cm³/mol. The lowest BCUT2D eigenvalue weighted by atomic mass is 9.67. The molecular weight excluding hydrogens is 350 g/mol. The summed E-state index contributed by atoms with van der Waals surface area (Å²) in [4.78, 5) is 0. The van der Waals surface area contributed by atoms with Crippen molar-refractivity contribution in [1.82, 2.24) is 5.06 Å². The third-order valence-corrected chi connectivity index (χ3v) is 7.91. The number of hydrogen-bond donors (Lipinski definition) is 0. The second kappa shape index (κ2) is 10.2. The Morgan fingerprint density at radius 3 is 2.11 bits per heavy atom. The zero-order valence-electron chi connectivity index (χ0n) is 19.5. The van der Waals surface area contributed by atoms with E-state index in [0.29, 0.717) is 13.0 Å². The van der Waals surface area contributed by atoms with E-state index in [1.54, 1.807) is 0 Å². The van der Waals surface area contributed by atoms with Gasteiger partial charge < -0.3 is 9.47 Å². The summed E-state index contributed by atoms with van der Waals surface area (Å²) in [6, 6.07) is 0. The molecule has 5 unspecified atom stereocenters. The monoisotopic (exact) mass is 396 g/mol. The molecule has 0 aromatic carbocycles. The largest absolute Gasteiger partial charge is 0.347 e. The number of hydroxylamine groups is 2. The molecule has 2 aliphatic heterocycles. The Morgan fingerprint density at radius 2 is 1.54 bits per heavy atom. The van der Waals surface area contributed by atoms with Crippen molar-refractivity contribution in [3.8, 4) is 0 Å². The minimum Gasteiger partial charge on any atom is -0.347 e. The molecule has 165 valence electrons. The number of nitrogens with zero attached hydrogens (tertiary/aromatic N) is 1. The first-order valence-corrected chi connectivity index (χ1v) is 12.1. The van der Waals surface area contributed by atoms with Gasteiger partial charge in [-0.3, -0.25) is 0 Å². The molecule has 1 radical (unpaired) electrons. The van der Waals surface area contributed by atoms with Gasteiger partial charge in [-0.2, -0.15) is 0 Å². The van der Waals surface area contributed by atoms with Gasteiger partial charge in [0.2, 0.25) is 0 Å². The highest BCUT2D eigenvalue weighted by molar-refractivity contribution is 5.08. The van der Waals surface area contributed by atoms with Crippen LogP contribution in [0.1, 0.15) is 119 Å². The van der Waals surface area contributed by atoms with E-state index in [2.05, 4.69) is 41.5 Å². The quantitative estimate of drug-likeness (QED) is 0.367. The standard InChI is InChI=1S/C24H46NO3/c1-7-10-11-12-13-14-15-16-17-21-18-27-24(28-21)19-22(5,8-2)25(26)23(6,9-3)20(24)4/h20-21H,7-19H2,1-6H3. The summed E-state index contributed by atoms with van der Waals surface area (Å²) in [5.74, 6) is -0.535. The van der Waals surface area contributed by atoms with Gasteiger partial charge in [0.05, 0.1) is 23.8 Å². The van der Waals surface area contributed by atoms with Gasteiger partial charge in [0.15, 0.2) is 5.79 Å². The second-order valence-corrected chi connectivity index (χ2v) is 9.88. The number of hydrogen-bond acceptors (Lipinski definition) is 3. The molecule has 0 aliphatic carbocycles. The highest BCUT2D eigenvalue weighted by atomic mass is 16.7. The summed E-state index contributed by atoms with van der Waals surface area (Å²) in [7, 11) is 0. The molecule has 4 nitrogen and oxygen atoms in total. The molecule has 4 heteroatoms. The van der Waals surface area contributed by atoms with Crippen molar-refractivity contribution in [2.24, 2.45) is 5.92 Å². The van der Waals surface area contributed by atoms with Crippen LogP contribution in [0.15, 0.2) is 0 Å². The van der Waals surface area contributed by atoms with Gasteiger partial charge >= 0.3 is 0 Å². The maximum atomic E-state index is 13.2. The van der Waals surface area contributed by atoms with E-state index >= 15 is 0 Å². The maximum Gasteiger partial charge on any atom is 0.175 e. The third kappa shape index (κ3) is 4.94. The minimum atomic E-state index is -0.596. The van der Waals surface area contributed by atoms with Crippen LogP contribution in [-0.4, -0.2) is 34.6 Å². The van der Waals surface area contributed by atoms with Gasteiger partial charge in [-0.05, 0) is 33.1 Å². The third-order valence-electron chi connectivity index (χ3n) is 7.91. The van der Waals surface area contributed by atoms with Crippen molar-refractivity contribution >= 4 is 0 Å². The summed E-state index contributed by atoms with van der Waals surface area (Å²) in [5.41, 5.74) is -0.874. The lowest BCUT2D eigenvalue weighted by Crippen LogP contribution is -2.70. The molecule has 0 aromatic heterocycles. The summed E-state index contributed by atoms with van der Waals surface area (Å²) >= 11 is 0. The summed E-state index contributed by atoms with van der Waals surface area (Å²) < 4.78 is 13.0. The average molecular weight is 397 g/mol. The molecule has 1 spiro atoms. The van der Waals surface area contributed by atoms with Crippen LogP contribution in [0.4, 0.5) is 0 Å². The number of unbranched alkanes of at least 4 members (excludes halogenated alkanes) is 7. The van der Waals surface area contributed by atoms with Gasteiger partial charge in [0.1, 0.15) is 0 Å². The fraction of sp³-hybridized carbons (Fsp3) is 1.00. The number of rotatable bonds is 11. The van der Waals surface area contributed by atoms with Gasteiger partial charge in [0, 0.05) is 12.3 Å². The van der Waals surface area contributed by atoms with Gasteiger partial charge in [0.25, 0.3) is 0 Å². The molecule has 0 amide bonds. The summed E-state index contributed by atoms with van der Waals surface area (Å²) in [6.07, 6.45) is 14.2. The Balaban J connectivity index is 1.87. The molecule has 0 bridgehead atoms. The molecule has 0 N–H and O–H groups in total. The molecule has 0 saturated carbocycles. The fourth-order valence-corrected chi connectivity index (χ4v) is 5.29. The topological polar surface area (TPSA) is 41.6 Å². The van der Waals surface area contributed by atoms with Crippen LogP contribution in [0.3, 0.4) is 0 Å². The van der Waals surface area contributed by atoms with E-state index in [1.807, 2.05) is 0 Å². The van der Waals surface area contributed by atoms with E-state index in [9.17, 15) is 5.21 Å². The molecule has 2 heterocycles. The smallest absolute Gasteiger partial charge is 0.175 e. The Morgan fingerprint density at radius 1 is 0.929 bits per heavy atom. The molecule has 2 rings (SSSR count). The van der Waals surface area contributed by atoms with Crippen LogP contribution < -0.4 is 0 Å². The van der Waals surface area contributed by atoms with Crippen molar-refractivity contribution < 1.29 is 14.7 Å². The van der Waals surface area contributed by atoms with Crippen LogP contribution in [0.25, 0.3) is 0 Å². The lowest BCUT2D eigenvalue weighted by Gasteiger charge is -2.59. The van der Waals surface area contributed by atoms with Crippen LogP contribution in [0, 0.1) is 5.92 Å². The number of piperidine rings is 1. The molecular formula is C24H46NO3. The van der Waals surface area contributed by atoms with Crippen LogP contribution in [0.5, 0.6) is 0 Å². The molecule has 28 heavy (non-hydrogen) atoms. The van der Waals surface area contributed by atoms with Crippen molar-refractivity contribution in [2.75, 3.05) is 6.61 Å². The van der Waals surface area contributed by atoms with Gasteiger partial charge in [-0.25, -0.2) is 0 Å². The zero-order valence-corrected chi connectivity index (χ0v) is 19.5. The highest BCUT2D eigenvalue weighted by Gasteiger charge is 2.63. The molecule has 2 fully saturated rings. The van der Waals surface area contributed by atoms with E-state index in [1.165, 1.54) is 56.4 Å². The van der Waals surface area contributed by atoms with Crippen molar-refractivity contribution in [1.29, 1.82) is 0 Å². The average Bonchev–Trinajstić information content (AvgIpc) is 3.10. The SMILES string of the molecule is CCCCCCCCCCC1COC2(CC(C)(CC)N([O])C(C)(CC)C2C)O1. The fourth-order valence-electron chi connectivity index (χ4n) is 5.29. The molecule has 0 aromatic rings. The Bertz CT molecular complexity index is 473. The maximum absolute atomic E-state index is 13.2. The van der Waals surface area contributed by atoms with Gasteiger partial charge in [-0.1, -0.05) is 79.1 Å². The first-order chi connectivity index (χ1) is 13.3. The normalized spacial score (nSPS) is 39.1. The number of ether oxygens (including phenoxy) is 2. The van der Waals surface area contributed by atoms with Crippen LogP contribution in [-0.2, 0) is 14.7 Å². The summed E-state index contributed by atoms with van der Waals surface area (Å²) in [6.45, 7) is 13.5. The summed E-state index contributed by atoms with van der Waals surface area (Å²) in [5, 5.41) is 14.6. The van der Waals surface area contributed by atoms with E-state index in [0.717, 1.165) is 19.3 Å². The van der Waals surface area contributed by atoms with Crippen LogP contribution in [0.2, 0.25) is 0 Å². The first kappa shape index (κ1) is 24.1. The van der Waals surface area contributed by atoms with Gasteiger partial charge in [-0.15, -0.1) is 10.3 Å². The van der Waals surface area contributed by atoms with Crippen LogP contribution >= 0.6 is 0 Å². The minimum absolute atomic E-state index is 0.0608. The molecule has 5 atom stereocenters. The Hall–Kier alpha value is -0.160. The zero-order chi connectivity index (χ0) is 20.8. The predicted octanol–water partition coefficient (Wildman–Crippen LogP) is 6.65. The Kier molecular flexibility index (Phi) is 8.82. The molecule has 2 aliphatic rings. The van der Waals surface area contributed by atoms with Crippen molar-refractivity contribution in [2.45, 2.75) is 142 Å². The van der Waals surface area contributed by atoms with E-state index < -0.39 is 16.9 Å². The van der Waals surface area contributed by atoms with Crippen molar-refractivity contribution in [3.63, 3.8) is 0 Å². The Labute approximate surface area is 174 Å². The highest BCUT2D eigenvalue weighted by Crippen LogP contribution is 2.53. The lowest BCUT2D eigenvalue weighted by molar-refractivity contribution is -0.374. The van der Waals surface area contributed by atoms with E-state index in [-0.39, 0.29) is 12.0 Å². The van der Waals surface area contributed by atoms with Crippen molar-refractivity contribution in [3.05, 3.63) is 0 Å². The first-order valence-electron chi connectivity index (χ1n) is 12.1. The molecule has 2 saturated heterocycles.